The molecule has 0 atom stereocenters. The van der Waals surface area contributed by atoms with Crippen LogP contribution < -0.4 is 10.3 Å². The lowest BCUT2D eigenvalue weighted by atomic mass is 10.0. The van der Waals surface area contributed by atoms with Crippen LogP contribution in [0.1, 0.15) is 34.8 Å². The topological polar surface area (TPSA) is 81.3 Å². The molecule has 0 saturated heterocycles. The van der Waals surface area contributed by atoms with Crippen LogP contribution in [0.4, 0.5) is 4.39 Å². The normalized spacial score (nSPS) is 10.4. The summed E-state index contributed by atoms with van der Waals surface area (Å²) in [5.74, 6) is -0.856. The lowest BCUT2D eigenvalue weighted by Gasteiger charge is -2.12. The van der Waals surface area contributed by atoms with Gasteiger partial charge < -0.3 is 14.0 Å². The fraction of sp³-hybridized carbons (Fsp3) is 0.316. The molecule has 0 aliphatic carbocycles. The summed E-state index contributed by atoms with van der Waals surface area (Å²) in [6, 6.07) is 6.69. The van der Waals surface area contributed by atoms with E-state index in [4.69, 9.17) is 9.47 Å². The summed E-state index contributed by atoms with van der Waals surface area (Å²) < 4.78 is 25.3. The molecule has 0 aliphatic rings. The molecule has 136 valence electrons. The maximum Gasteiger partial charge on any atom is 0.268 e. The Morgan fingerprint density at radius 1 is 1.35 bits per heavy atom. The van der Waals surface area contributed by atoms with Gasteiger partial charge in [0.05, 0.1) is 12.2 Å². The van der Waals surface area contributed by atoms with Crippen LogP contribution in [-0.4, -0.2) is 30.7 Å². The van der Waals surface area contributed by atoms with Crippen molar-refractivity contribution in [1.29, 1.82) is 5.26 Å². The van der Waals surface area contributed by atoms with Crippen molar-refractivity contribution in [3.63, 3.8) is 0 Å². The van der Waals surface area contributed by atoms with Crippen LogP contribution in [0.15, 0.2) is 35.3 Å². The second kappa shape index (κ2) is 8.92. The molecule has 2 aromatic rings. The molecule has 0 saturated carbocycles. The Labute approximate surface area is 150 Å². The van der Waals surface area contributed by atoms with E-state index in [1.807, 2.05) is 0 Å². The van der Waals surface area contributed by atoms with Gasteiger partial charge in [-0.15, -0.1) is 0 Å². The number of halogens is 1. The largest absolute Gasteiger partial charge is 0.493 e. The highest BCUT2D eigenvalue weighted by Crippen LogP contribution is 2.23. The molecule has 6 nitrogen and oxygen atoms in total. The van der Waals surface area contributed by atoms with E-state index in [2.05, 4.69) is 0 Å². The molecule has 0 spiro atoms. The van der Waals surface area contributed by atoms with Crippen molar-refractivity contribution < 1.29 is 18.7 Å². The second-order valence-corrected chi connectivity index (χ2v) is 5.50. The van der Waals surface area contributed by atoms with Crippen molar-refractivity contribution in [2.45, 2.75) is 19.9 Å². The maximum atomic E-state index is 13.6. The van der Waals surface area contributed by atoms with E-state index in [-0.39, 0.29) is 22.4 Å². The SMILES string of the molecule is CCOc1ccc(F)cc1C(=O)c1cc(C#N)c(=O)n(CCCOC)c1. The molecule has 0 unspecified atom stereocenters. The minimum Gasteiger partial charge on any atom is -0.493 e. The molecule has 0 amide bonds. The number of hydrogen-bond acceptors (Lipinski definition) is 5. The molecule has 2 rings (SSSR count). The van der Waals surface area contributed by atoms with Gasteiger partial charge >= 0.3 is 0 Å². The first-order valence-corrected chi connectivity index (χ1v) is 8.12. The standard InChI is InChI=1S/C19H19FN2O4/c1-3-26-17-6-5-15(20)10-16(17)18(23)14-9-13(11-21)19(24)22(12-14)7-4-8-25-2/h5-6,9-10,12H,3-4,7-8H2,1-2H3. The highest BCUT2D eigenvalue weighted by molar-refractivity contribution is 6.10. The van der Waals surface area contributed by atoms with Crippen molar-refractivity contribution in [2.75, 3.05) is 20.3 Å². The van der Waals surface area contributed by atoms with Crippen LogP contribution in [0.2, 0.25) is 0 Å². The molecule has 7 heteroatoms. The van der Waals surface area contributed by atoms with Crippen LogP contribution in [0.5, 0.6) is 5.75 Å². The molecule has 0 radical (unpaired) electrons. The monoisotopic (exact) mass is 358 g/mol. The number of nitrogens with zero attached hydrogens (tertiary/aromatic N) is 2. The Morgan fingerprint density at radius 3 is 2.77 bits per heavy atom. The molecule has 1 aromatic carbocycles. The fourth-order valence-corrected chi connectivity index (χ4v) is 2.50. The van der Waals surface area contributed by atoms with Crippen molar-refractivity contribution >= 4 is 5.78 Å². The van der Waals surface area contributed by atoms with Crippen LogP contribution in [0, 0.1) is 17.1 Å². The van der Waals surface area contributed by atoms with Gasteiger partial charge in [0.1, 0.15) is 23.2 Å². The van der Waals surface area contributed by atoms with Crippen LogP contribution in [0.3, 0.4) is 0 Å². The van der Waals surface area contributed by atoms with Crippen LogP contribution in [-0.2, 0) is 11.3 Å². The number of benzene rings is 1. The van der Waals surface area contributed by atoms with E-state index in [9.17, 15) is 19.2 Å². The number of methoxy groups -OCH3 is 1. The molecular weight excluding hydrogens is 339 g/mol. The van der Waals surface area contributed by atoms with Gasteiger partial charge in [0, 0.05) is 32.0 Å². The highest BCUT2D eigenvalue weighted by Gasteiger charge is 2.18. The summed E-state index contributed by atoms with van der Waals surface area (Å²) in [4.78, 5) is 25.1. The third kappa shape index (κ3) is 4.35. The summed E-state index contributed by atoms with van der Waals surface area (Å²) in [5, 5.41) is 9.19. The van der Waals surface area contributed by atoms with Gasteiger partial charge in [-0.2, -0.15) is 5.26 Å². The number of hydrogen-bond donors (Lipinski definition) is 0. The van der Waals surface area contributed by atoms with Gasteiger partial charge in [0.2, 0.25) is 0 Å². The Bertz CT molecular complexity index is 899. The zero-order valence-corrected chi connectivity index (χ0v) is 14.6. The maximum absolute atomic E-state index is 13.6. The van der Waals surface area contributed by atoms with Gasteiger partial charge in [-0.3, -0.25) is 9.59 Å². The van der Waals surface area contributed by atoms with E-state index >= 15 is 0 Å². The van der Waals surface area contributed by atoms with Crippen LogP contribution >= 0.6 is 0 Å². The zero-order valence-electron chi connectivity index (χ0n) is 14.6. The van der Waals surface area contributed by atoms with Gasteiger partial charge in [-0.05, 0) is 37.6 Å². The molecule has 0 bridgehead atoms. The Balaban J connectivity index is 2.49. The van der Waals surface area contributed by atoms with Crippen molar-refractivity contribution in [1.82, 2.24) is 4.57 Å². The first-order chi connectivity index (χ1) is 12.5. The molecule has 0 aliphatic heterocycles. The van der Waals surface area contributed by atoms with E-state index < -0.39 is 17.2 Å². The Kier molecular flexibility index (Phi) is 6.64. The number of aryl methyl sites for hydroxylation is 1. The molecule has 0 fully saturated rings. The smallest absolute Gasteiger partial charge is 0.268 e. The minimum atomic E-state index is -0.578. The summed E-state index contributed by atoms with van der Waals surface area (Å²) in [6.07, 6.45) is 1.92. The number of rotatable bonds is 8. The van der Waals surface area contributed by atoms with Crippen molar-refractivity contribution in [2.24, 2.45) is 0 Å². The zero-order chi connectivity index (χ0) is 19.1. The highest BCUT2D eigenvalue weighted by atomic mass is 19.1. The van der Waals surface area contributed by atoms with E-state index in [0.717, 1.165) is 6.07 Å². The lowest BCUT2D eigenvalue weighted by molar-refractivity contribution is 0.103. The number of nitriles is 1. The first kappa shape index (κ1) is 19.3. The summed E-state index contributed by atoms with van der Waals surface area (Å²) >= 11 is 0. The Hall–Kier alpha value is -2.98. The lowest BCUT2D eigenvalue weighted by Crippen LogP contribution is -2.24. The molecule has 1 heterocycles. The van der Waals surface area contributed by atoms with E-state index in [1.165, 1.54) is 29.0 Å². The molecular formula is C19H19FN2O4. The van der Waals surface area contributed by atoms with Gasteiger partial charge in [-0.25, -0.2) is 4.39 Å². The fourth-order valence-electron chi connectivity index (χ4n) is 2.50. The molecule has 1 aromatic heterocycles. The quantitative estimate of drug-likeness (QED) is 0.535. The minimum absolute atomic E-state index is 0.0397. The summed E-state index contributed by atoms with van der Waals surface area (Å²) in [5.41, 5.74) is -0.477. The van der Waals surface area contributed by atoms with E-state index in [1.54, 1.807) is 20.1 Å². The van der Waals surface area contributed by atoms with Gasteiger partial charge in [0.25, 0.3) is 5.56 Å². The number of pyridine rings is 1. The number of ketones is 1. The first-order valence-electron chi connectivity index (χ1n) is 8.12. The van der Waals surface area contributed by atoms with E-state index in [0.29, 0.717) is 26.2 Å². The summed E-state index contributed by atoms with van der Waals surface area (Å²) in [6.45, 7) is 2.79. The predicted molar refractivity (Wildman–Crippen MR) is 92.9 cm³/mol. The number of ether oxygens (including phenoxy) is 2. The Morgan fingerprint density at radius 2 is 2.12 bits per heavy atom. The number of carbonyl (C=O) groups is 1. The van der Waals surface area contributed by atoms with Gasteiger partial charge in [0.15, 0.2) is 5.78 Å². The van der Waals surface area contributed by atoms with Gasteiger partial charge in [-0.1, -0.05) is 0 Å². The predicted octanol–water partition coefficient (Wildman–Crippen LogP) is 2.53. The average molecular weight is 358 g/mol. The van der Waals surface area contributed by atoms with Crippen molar-refractivity contribution in [3.05, 3.63) is 63.3 Å². The molecule has 0 N–H and O–H groups in total. The summed E-state index contributed by atoms with van der Waals surface area (Å²) in [7, 11) is 1.54. The van der Waals surface area contributed by atoms with Crippen LogP contribution in [0.25, 0.3) is 0 Å². The third-order valence-electron chi connectivity index (χ3n) is 3.70. The second-order valence-electron chi connectivity index (χ2n) is 5.50. The molecule has 26 heavy (non-hydrogen) atoms. The number of aromatic nitrogens is 1. The number of carbonyl (C=O) groups excluding carboxylic acids is 1. The average Bonchev–Trinajstić information content (AvgIpc) is 2.64. The third-order valence-corrected chi connectivity index (χ3v) is 3.70. The van der Waals surface area contributed by atoms with Crippen molar-refractivity contribution in [3.8, 4) is 11.8 Å².